The van der Waals surface area contributed by atoms with Crippen LogP contribution in [-0.4, -0.2) is 35.4 Å². The molecule has 0 atom stereocenters. The average molecular weight is 317 g/mol. The van der Waals surface area contributed by atoms with E-state index in [1.165, 1.54) is 20.3 Å². The van der Waals surface area contributed by atoms with Crippen LogP contribution in [0.15, 0.2) is 11.0 Å². The zero-order chi connectivity index (χ0) is 15.8. The van der Waals surface area contributed by atoms with Crippen LogP contribution < -0.4 is 15.2 Å². The van der Waals surface area contributed by atoms with Gasteiger partial charge in [0.15, 0.2) is 21.3 Å². The Kier molecular flexibility index (Phi) is 4.17. The summed E-state index contributed by atoms with van der Waals surface area (Å²) in [5.74, 6) is -0.663. The molecule has 118 valence electrons. The molecule has 1 fully saturated rings. The lowest BCUT2D eigenvalue weighted by Crippen LogP contribution is -2.42. The van der Waals surface area contributed by atoms with Crippen molar-refractivity contribution in [1.29, 1.82) is 0 Å². The van der Waals surface area contributed by atoms with Gasteiger partial charge < -0.3 is 15.2 Å². The Hall–Kier alpha value is -1.34. The summed E-state index contributed by atoms with van der Waals surface area (Å²) in [6, 6.07) is 1.23. The monoisotopic (exact) mass is 317 g/mol. The quantitative estimate of drug-likeness (QED) is 0.893. The van der Waals surface area contributed by atoms with Crippen LogP contribution >= 0.6 is 0 Å². The molecular weight excluding hydrogens is 297 g/mol. The topological polar surface area (TPSA) is 78.6 Å². The van der Waals surface area contributed by atoms with Crippen molar-refractivity contribution in [3.63, 3.8) is 0 Å². The summed E-state index contributed by atoms with van der Waals surface area (Å²) < 4.78 is 48.5. The molecule has 21 heavy (non-hydrogen) atoms. The molecule has 1 aromatic carbocycles. The lowest BCUT2D eigenvalue weighted by Gasteiger charge is -2.42. The van der Waals surface area contributed by atoms with Crippen molar-refractivity contribution in [2.24, 2.45) is 5.73 Å². The van der Waals surface area contributed by atoms with Crippen molar-refractivity contribution in [3.05, 3.63) is 17.4 Å². The fourth-order valence-electron chi connectivity index (χ4n) is 2.91. The van der Waals surface area contributed by atoms with E-state index >= 15 is 0 Å². The summed E-state index contributed by atoms with van der Waals surface area (Å²) in [4.78, 5) is -0.475. The smallest absolute Gasteiger partial charge is 0.182 e. The van der Waals surface area contributed by atoms with Gasteiger partial charge in [-0.1, -0.05) is 6.42 Å². The van der Waals surface area contributed by atoms with Crippen molar-refractivity contribution >= 4 is 9.84 Å². The number of halogens is 1. The number of ether oxygens (including phenoxy) is 2. The lowest BCUT2D eigenvalue weighted by atomic mass is 9.64. The minimum Gasteiger partial charge on any atom is -0.493 e. The average Bonchev–Trinajstić information content (AvgIpc) is 2.35. The largest absolute Gasteiger partial charge is 0.493 e. The van der Waals surface area contributed by atoms with Crippen molar-refractivity contribution in [2.75, 3.05) is 27.0 Å². The van der Waals surface area contributed by atoms with Crippen LogP contribution in [0, 0.1) is 5.82 Å². The fourth-order valence-corrected chi connectivity index (χ4v) is 3.83. The second-order valence-corrected chi connectivity index (χ2v) is 7.36. The highest BCUT2D eigenvalue weighted by molar-refractivity contribution is 7.90. The minimum atomic E-state index is -3.78. The number of methoxy groups -OCH3 is 2. The van der Waals surface area contributed by atoms with Gasteiger partial charge in [0, 0.05) is 23.8 Å². The van der Waals surface area contributed by atoms with Crippen LogP contribution in [0.4, 0.5) is 4.39 Å². The van der Waals surface area contributed by atoms with Gasteiger partial charge in [0.1, 0.15) is 10.7 Å². The van der Waals surface area contributed by atoms with E-state index in [0.717, 1.165) is 25.5 Å². The molecule has 2 N–H and O–H groups in total. The van der Waals surface area contributed by atoms with Gasteiger partial charge in [-0.05, 0) is 18.9 Å². The first-order valence-electron chi connectivity index (χ1n) is 6.66. The molecule has 2 rings (SSSR count). The van der Waals surface area contributed by atoms with Gasteiger partial charge in [-0.3, -0.25) is 0 Å². The molecular formula is C14H20FNO4S. The van der Waals surface area contributed by atoms with E-state index in [1.54, 1.807) is 0 Å². The molecule has 1 aliphatic carbocycles. The second kappa shape index (κ2) is 5.46. The molecule has 0 heterocycles. The highest BCUT2D eigenvalue weighted by Crippen LogP contribution is 2.51. The highest BCUT2D eigenvalue weighted by atomic mass is 32.2. The van der Waals surface area contributed by atoms with Gasteiger partial charge in [0.05, 0.1) is 14.2 Å². The number of benzene rings is 1. The molecule has 0 saturated heterocycles. The van der Waals surface area contributed by atoms with Crippen LogP contribution in [0.25, 0.3) is 0 Å². The van der Waals surface area contributed by atoms with Crippen LogP contribution in [0.3, 0.4) is 0 Å². The third kappa shape index (κ3) is 2.48. The summed E-state index contributed by atoms with van der Waals surface area (Å²) in [7, 11) is -1.07. The van der Waals surface area contributed by atoms with Gasteiger partial charge in [-0.2, -0.15) is 0 Å². The Labute approximate surface area is 124 Å². The lowest BCUT2D eigenvalue weighted by molar-refractivity contribution is 0.237. The maximum absolute atomic E-state index is 14.4. The standard InChI is InChI=1S/C14H20FNO4S/c1-19-11-9(14(8-16)5-4-6-14)7-10(15)13(12(11)20-2)21(3,17)18/h7H,4-6,8,16H2,1-3H3. The van der Waals surface area contributed by atoms with Gasteiger partial charge in [-0.15, -0.1) is 0 Å². The number of rotatable bonds is 5. The number of sulfone groups is 1. The predicted molar refractivity (Wildman–Crippen MR) is 77.2 cm³/mol. The van der Waals surface area contributed by atoms with Gasteiger partial charge >= 0.3 is 0 Å². The van der Waals surface area contributed by atoms with E-state index in [2.05, 4.69) is 0 Å². The molecule has 5 nitrogen and oxygen atoms in total. The molecule has 0 bridgehead atoms. The summed E-state index contributed by atoms with van der Waals surface area (Å²) in [5.41, 5.74) is 6.07. The van der Waals surface area contributed by atoms with Crippen molar-refractivity contribution < 1.29 is 22.3 Å². The molecule has 0 aromatic heterocycles. The van der Waals surface area contributed by atoms with Crippen LogP contribution in [-0.2, 0) is 15.3 Å². The molecule has 0 radical (unpaired) electrons. The summed E-state index contributed by atoms with van der Waals surface area (Å²) in [5, 5.41) is 0. The number of hydrogen-bond acceptors (Lipinski definition) is 5. The fraction of sp³-hybridized carbons (Fsp3) is 0.571. The van der Waals surface area contributed by atoms with Crippen LogP contribution in [0.2, 0.25) is 0 Å². The first-order valence-corrected chi connectivity index (χ1v) is 8.55. The van der Waals surface area contributed by atoms with Crippen LogP contribution in [0.5, 0.6) is 11.5 Å². The minimum absolute atomic E-state index is 0.0882. The van der Waals surface area contributed by atoms with E-state index in [4.69, 9.17) is 15.2 Å². The third-order valence-electron chi connectivity index (χ3n) is 4.20. The molecule has 1 aromatic rings. The molecule has 7 heteroatoms. The normalized spacial score (nSPS) is 17.2. The molecule has 0 aliphatic heterocycles. The van der Waals surface area contributed by atoms with Gasteiger partial charge in [0.25, 0.3) is 0 Å². The number of hydrogen-bond donors (Lipinski definition) is 1. The van der Waals surface area contributed by atoms with E-state index in [0.29, 0.717) is 12.1 Å². The van der Waals surface area contributed by atoms with Gasteiger partial charge in [0.2, 0.25) is 0 Å². The van der Waals surface area contributed by atoms with Crippen molar-refractivity contribution in [3.8, 4) is 11.5 Å². The Morgan fingerprint density at radius 2 is 1.86 bits per heavy atom. The zero-order valence-corrected chi connectivity index (χ0v) is 13.2. The maximum atomic E-state index is 14.4. The molecule has 1 aliphatic rings. The first-order chi connectivity index (χ1) is 9.80. The summed E-state index contributed by atoms with van der Waals surface area (Å²) in [6.07, 6.45) is 3.58. The summed E-state index contributed by atoms with van der Waals surface area (Å²) in [6.45, 7) is 0.351. The zero-order valence-electron chi connectivity index (χ0n) is 12.4. The Bertz CT molecular complexity index is 648. The highest BCUT2D eigenvalue weighted by Gasteiger charge is 2.42. The van der Waals surface area contributed by atoms with E-state index in [9.17, 15) is 12.8 Å². The molecule has 0 amide bonds. The Morgan fingerprint density at radius 1 is 1.29 bits per heavy atom. The van der Waals surface area contributed by atoms with E-state index < -0.39 is 20.5 Å². The van der Waals surface area contributed by atoms with E-state index in [-0.39, 0.29) is 16.9 Å². The van der Waals surface area contributed by atoms with Gasteiger partial charge in [-0.25, -0.2) is 12.8 Å². The van der Waals surface area contributed by atoms with Crippen molar-refractivity contribution in [2.45, 2.75) is 29.6 Å². The first kappa shape index (κ1) is 16.0. The van der Waals surface area contributed by atoms with Crippen LogP contribution in [0.1, 0.15) is 24.8 Å². The molecule has 0 spiro atoms. The van der Waals surface area contributed by atoms with Crippen molar-refractivity contribution in [1.82, 2.24) is 0 Å². The molecule has 1 saturated carbocycles. The Morgan fingerprint density at radius 3 is 2.19 bits per heavy atom. The SMILES string of the molecule is COc1c(C2(CN)CCC2)cc(F)c(S(C)(=O)=O)c1OC. The number of nitrogens with two attached hydrogens (primary N) is 1. The second-order valence-electron chi connectivity index (χ2n) is 5.41. The molecule has 0 unspecified atom stereocenters. The maximum Gasteiger partial charge on any atom is 0.182 e. The summed E-state index contributed by atoms with van der Waals surface area (Å²) >= 11 is 0. The Balaban J connectivity index is 2.78. The predicted octanol–water partition coefficient (Wildman–Crippen LogP) is 1.63. The third-order valence-corrected chi connectivity index (χ3v) is 5.32. The van der Waals surface area contributed by atoms with E-state index in [1.807, 2.05) is 0 Å².